The predicted octanol–water partition coefficient (Wildman–Crippen LogP) is 2.53. The zero-order valence-electron chi connectivity index (χ0n) is 13.6. The molecule has 25 heavy (non-hydrogen) atoms. The summed E-state index contributed by atoms with van der Waals surface area (Å²) in [5.41, 5.74) is 9.13. The average Bonchev–Trinajstić information content (AvgIpc) is 3.06. The summed E-state index contributed by atoms with van der Waals surface area (Å²) in [6, 6.07) is 17.5. The summed E-state index contributed by atoms with van der Waals surface area (Å²) in [7, 11) is 1.64. The molecular formula is C18H16N6O. The van der Waals surface area contributed by atoms with Gasteiger partial charge in [0.15, 0.2) is 22.8 Å². The van der Waals surface area contributed by atoms with E-state index < -0.39 is 0 Å². The fourth-order valence-corrected chi connectivity index (χ4v) is 2.60. The Morgan fingerprint density at radius 2 is 1.76 bits per heavy atom. The Bertz CT molecular complexity index is 1010. The Morgan fingerprint density at radius 1 is 1.00 bits per heavy atom. The van der Waals surface area contributed by atoms with Crippen LogP contribution in [0.15, 0.2) is 54.6 Å². The lowest BCUT2D eigenvalue weighted by atomic mass is 10.2. The van der Waals surface area contributed by atoms with Crippen LogP contribution in [0.5, 0.6) is 5.75 Å². The van der Waals surface area contributed by atoms with E-state index in [0.29, 0.717) is 29.4 Å². The molecule has 0 unspecified atom stereocenters. The number of rotatable bonds is 4. The SMILES string of the molecule is COc1ccc(Cn2nnc3c(N)nc(-c4ccccc4)nc32)cc1. The minimum Gasteiger partial charge on any atom is -0.497 e. The van der Waals surface area contributed by atoms with E-state index >= 15 is 0 Å². The van der Waals surface area contributed by atoms with Crippen LogP contribution in [0.2, 0.25) is 0 Å². The van der Waals surface area contributed by atoms with Crippen molar-refractivity contribution in [1.82, 2.24) is 25.0 Å². The van der Waals surface area contributed by atoms with E-state index in [9.17, 15) is 0 Å². The van der Waals surface area contributed by atoms with E-state index in [1.165, 1.54) is 0 Å². The van der Waals surface area contributed by atoms with Crippen LogP contribution in [0.25, 0.3) is 22.6 Å². The normalized spacial score (nSPS) is 10.9. The van der Waals surface area contributed by atoms with Crippen LogP contribution in [0.4, 0.5) is 5.82 Å². The van der Waals surface area contributed by atoms with Gasteiger partial charge < -0.3 is 10.5 Å². The number of aromatic nitrogens is 5. The summed E-state index contributed by atoms with van der Waals surface area (Å²) in [4.78, 5) is 8.97. The highest BCUT2D eigenvalue weighted by Crippen LogP contribution is 2.22. The molecule has 0 saturated carbocycles. The maximum Gasteiger partial charge on any atom is 0.184 e. The standard InChI is InChI=1S/C18H16N6O/c1-25-14-9-7-12(8-10-14)11-24-18-15(22-23-24)16(19)20-17(21-18)13-5-3-2-4-6-13/h2-10H,11H2,1H3,(H2,19,20,21). The van der Waals surface area contributed by atoms with Gasteiger partial charge >= 0.3 is 0 Å². The Kier molecular flexibility index (Phi) is 3.74. The number of ether oxygens (including phenoxy) is 1. The molecule has 0 fully saturated rings. The van der Waals surface area contributed by atoms with E-state index in [-0.39, 0.29) is 0 Å². The summed E-state index contributed by atoms with van der Waals surface area (Å²) in [6.45, 7) is 0.533. The third-order valence-corrected chi connectivity index (χ3v) is 3.91. The summed E-state index contributed by atoms with van der Waals surface area (Å²) in [5.74, 6) is 1.69. The van der Waals surface area contributed by atoms with Gasteiger partial charge in [-0.3, -0.25) is 0 Å². The molecular weight excluding hydrogens is 316 g/mol. The molecule has 0 atom stereocenters. The van der Waals surface area contributed by atoms with Gasteiger partial charge in [0, 0.05) is 5.56 Å². The van der Waals surface area contributed by atoms with E-state index in [4.69, 9.17) is 10.5 Å². The number of fused-ring (bicyclic) bond motifs is 1. The van der Waals surface area contributed by atoms with E-state index in [1.54, 1.807) is 11.8 Å². The number of hydrogen-bond acceptors (Lipinski definition) is 6. The number of nitrogens with zero attached hydrogens (tertiary/aromatic N) is 5. The minimum atomic E-state index is 0.324. The molecule has 124 valence electrons. The molecule has 2 aromatic carbocycles. The van der Waals surface area contributed by atoms with Gasteiger partial charge in [-0.25, -0.2) is 14.6 Å². The van der Waals surface area contributed by atoms with Gasteiger partial charge in [-0.15, -0.1) is 5.10 Å². The first-order chi connectivity index (χ1) is 12.2. The highest BCUT2D eigenvalue weighted by atomic mass is 16.5. The summed E-state index contributed by atoms with van der Waals surface area (Å²) in [6.07, 6.45) is 0. The third kappa shape index (κ3) is 2.87. The predicted molar refractivity (Wildman–Crippen MR) is 95.1 cm³/mol. The van der Waals surface area contributed by atoms with Crippen LogP contribution in [-0.4, -0.2) is 32.1 Å². The molecule has 0 aliphatic carbocycles. The van der Waals surface area contributed by atoms with Gasteiger partial charge in [0.1, 0.15) is 5.75 Å². The van der Waals surface area contributed by atoms with Crippen LogP contribution in [0.3, 0.4) is 0 Å². The number of nitrogens with two attached hydrogens (primary N) is 1. The molecule has 2 N–H and O–H groups in total. The maximum absolute atomic E-state index is 6.06. The lowest BCUT2D eigenvalue weighted by molar-refractivity contribution is 0.414. The minimum absolute atomic E-state index is 0.324. The molecule has 0 radical (unpaired) electrons. The quantitative estimate of drug-likeness (QED) is 0.617. The van der Waals surface area contributed by atoms with Crippen LogP contribution in [0, 0.1) is 0 Å². The van der Waals surface area contributed by atoms with Gasteiger partial charge in [0.2, 0.25) is 0 Å². The number of nitrogen functional groups attached to an aromatic ring is 1. The Hall–Kier alpha value is -3.48. The van der Waals surface area contributed by atoms with Gasteiger partial charge in [0.05, 0.1) is 13.7 Å². The Morgan fingerprint density at radius 3 is 2.48 bits per heavy atom. The fourth-order valence-electron chi connectivity index (χ4n) is 2.60. The summed E-state index contributed by atoms with van der Waals surface area (Å²) >= 11 is 0. The summed E-state index contributed by atoms with van der Waals surface area (Å²) < 4.78 is 6.91. The fraction of sp³-hybridized carbons (Fsp3) is 0.111. The lowest BCUT2D eigenvalue weighted by Gasteiger charge is -2.06. The van der Waals surface area contributed by atoms with Crippen molar-refractivity contribution >= 4 is 17.0 Å². The summed E-state index contributed by atoms with van der Waals surface area (Å²) in [5, 5.41) is 8.30. The highest BCUT2D eigenvalue weighted by molar-refractivity contribution is 5.83. The van der Waals surface area contributed by atoms with Crippen molar-refractivity contribution in [2.75, 3.05) is 12.8 Å². The lowest BCUT2D eigenvalue weighted by Crippen LogP contribution is -2.04. The third-order valence-electron chi connectivity index (χ3n) is 3.91. The molecule has 7 nitrogen and oxygen atoms in total. The highest BCUT2D eigenvalue weighted by Gasteiger charge is 2.14. The van der Waals surface area contributed by atoms with E-state index in [1.807, 2.05) is 54.6 Å². The number of methoxy groups -OCH3 is 1. The van der Waals surface area contributed by atoms with Gasteiger partial charge in [-0.05, 0) is 17.7 Å². The average molecular weight is 332 g/mol. The van der Waals surface area contributed by atoms with E-state index in [0.717, 1.165) is 16.9 Å². The zero-order chi connectivity index (χ0) is 17.2. The first kappa shape index (κ1) is 15.1. The second-order valence-electron chi connectivity index (χ2n) is 5.57. The van der Waals surface area contributed by atoms with Crippen molar-refractivity contribution in [3.63, 3.8) is 0 Å². The van der Waals surface area contributed by atoms with Crippen LogP contribution in [0.1, 0.15) is 5.56 Å². The van der Waals surface area contributed by atoms with Crippen molar-refractivity contribution in [3.8, 4) is 17.1 Å². The van der Waals surface area contributed by atoms with Crippen molar-refractivity contribution in [1.29, 1.82) is 0 Å². The molecule has 4 rings (SSSR count). The maximum atomic E-state index is 6.06. The first-order valence-corrected chi connectivity index (χ1v) is 7.79. The molecule has 0 saturated heterocycles. The zero-order valence-corrected chi connectivity index (χ0v) is 13.6. The molecule has 2 aromatic heterocycles. The molecule has 0 spiro atoms. The van der Waals surface area contributed by atoms with Gasteiger partial charge in [0.25, 0.3) is 0 Å². The van der Waals surface area contributed by atoms with Gasteiger partial charge in [-0.2, -0.15) is 0 Å². The molecule has 7 heteroatoms. The second kappa shape index (κ2) is 6.20. The Balaban J connectivity index is 1.75. The van der Waals surface area contributed by atoms with E-state index in [2.05, 4.69) is 20.3 Å². The Labute approximate surface area is 144 Å². The van der Waals surface area contributed by atoms with Crippen molar-refractivity contribution in [2.45, 2.75) is 6.54 Å². The molecule has 0 aliphatic heterocycles. The molecule has 0 amide bonds. The van der Waals surface area contributed by atoms with Crippen LogP contribution in [-0.2, 0) is 6.54 Å². The molecule has 0 bridgehead atoms. The van der Waals surface area contributed by atoms with Gasteiger partial charge in [-0.1, -0.05) is 47.7 Å². The number of anilines is 1. The van der Waals surface area contributed by atoms with Crippen LogP contribution < -0.4 is 10.5 Å². The van der Waals surface area contributed by atoms with Crippen molar-refractivity contribution in [3.05, 3.63) is 60.2 Å². The smallest absolute Gasteiger partial charge is 0.184 e. The molecule has 0 aliphatic rings. The first-order valence-electron chi connectivity index (χ1n) is 7.79. The van der Waals surface area contributed by atoms with Crippen LogP contribution >= 0.6 is 0 Å². The second-order valence-corrected chi connectivity index (χ2v) is 5.57. The molecule has 2 heterocycles. The molecule has 4 aromatic rings. The van der Waals surface area contributed by atoms with Crippen molar-refractivity contribution in [2.24, 2.45) is 0 Å². The largest absolute Gasteiger partial charge is 0.497 e. The monoisotopic (exact) mass is 332 g/mol. The van der Waals surface area contributed by atoms with Crippen molar-refractivity contribution < 1.29 is 4.74 Å². The number of hydrogen-bond donors (Lipinski definition) is 1. The topological polar surface area (TPSA) is 91.7 Å². The number of benzene rings is 2.